The van der Waals surface area contributed by atoms with Crippen molar-refractivity contribution in [1.82, 2.24) is 14.0 Å². The average molecular weight is 481 g/mol. The molecule has 0 radical (unpaired) electrons. The number of carbonyl (C=O) groups excluding carboxylic acids is 1. The third-order valence-corrected chi connectivity index (χ3v) is 7.51. The van der Waals surface area contributed by atoms with Gasteiger partial charge in [0.25, 0.3) is 11.5 Å². The number of hydrogen-bond acceptors (Lipinski definition) is 5. The number of ether oxygens (including phenoxy) is 2. The molecule has 8 nitrogen and oxygen atoms in total. The number of aromatic nitrogens is 3. The lowest BCUT2D eigenvalue weighted by Crippen LogP contribution is -2.26. The molecule has 2 bridgehead atoms. The molecule has 3 aliphatic rings. The summed E-state index contributed by atoms with van der Waals surface area (Å²) in [5.74, 6) is -0.0862. The number of imidazole rings is 1. The first-order valence-electron chi connectivity index (χ1n) is 12.2. The fourth-order valence-electron chi connectivity index (χ4n) is 5.54. The Morgan fingerprint density at radius 3 is 2.77 bits per heavy atom. The predicted octanol–water partition coefficient (Wildman–Crippen LogP) is 4.03. The SMILES string of the molecule is CC(C)Oc1cc2nc([C@]34CC[C@](C)(C3)OC4)cn2cc1C(=O)Nc1cccn(C2CC2F)c1=O. The van der Waals surface area contributed by atoms with Crippen molar-refractivity contribution in [1.29, 1.82) is 0 Å². The number of carbonyl (C=O) groups is 1. The molecule has 0 aromatic carbocycles. The highest BCUT2D eigenvalue weighted by Gasteiger charge is 2.55. The first kappa shape index (κ1) is 22.3. The second-order valence-electron chi connectivity index (χ2n) is 10.7. The Morgan fingerprint density at radius 2 is 2.14 bits per heavy atom. The highest BCUT2D eigenvalue weighted by atomic mass is 19.1. The van der Waals surface area contributed by atoms with Crippen molar-refractivity contribution in [2.75, 3.05) is 11.9 Å². The molecule has 35 heavy (non-hydrogen) atoms. The number of nitrogens with one attached hydrogen (secondary N) is 1. The number of anilines is 1. The van der Waals surface area contributed by atoms with Crippen LogP contribution in [0.15, 0.2) is 41.6 Å². The van der Waals surface area contributed by atoms with Crippen LogP contribution in [0.2, 0.25) is 0 Å². The zero-order chi connectivity index (χ0) is 24.5. The molecule has 4 atom stereocenters. The summed E-state index contributed by atoms with van der Waals surface area (Å²) in [5, 5.41) is 2.71. The monoisotopic (exact) mass is 480 g/mol. The van der Waals surface area contributed by atoms with Crippen LogP contribution in [0.25, 0.3) is 5.65 Å². The van der Waals surface area contributed by atoms with E-state index < -0.39 is 23.7 Å². The van der Waals surface area contributed by atoms with Gasteiger partial charge in [-0.15, -0.1) is 0 Å². The minimum atomic E-state index is -1.02. The Balaban J connectivity index is 1.35. The molecule has 184 valence electrons. The number of rotatable bonds is 6. The molecule has 1 aliphatic heterocycles. The van der Waals surface area contributed by atoms with E-state index in [0.717, 1.165) is 25.0 Å². The van der Waals surface area contributed by atoms with E-state index in [4.69, 9.17) is 14.5 Å². The molecule has 1 N–H and O–H groups in total. The van der Waals surface area contributed by atoms with E-state index in [2.05, 4.69) is 12.2 Å². The van der Waals surface area contributed by atoms with Crippen molar-refractivity contribution in [3.8, 4) is 5.75 Å². The topological polar surface area (TPSA) is 86.9 Å². The highest BCUT2D eigenvalue weighted by molar-refractivity contribution is 6.06. The maximum atomic E-state index is 13.5. The Hall–Kier alpha value is -3.20. The standard InChI is InChI=1S/C26H29FN4O4/c1-15(2)35-20-10-22-29-21(26-7-6-25(3,13-26)34-14-26)12-30(22)11-16(20)23(32)28-18-5-4-8-31(24(18)33)19-9-17(19)27/h4-5,8,10-12,15,17,19H,6-7,9,13-14H2,1-3H3,(H,28,32)/t17?,19?,25-,26-/m1/s1. The summed E-state index contributed by atoms with van der Waals surface area (Å²) >= 11 is 0. The summed E-state index contributed by atoms with van der Waals surface area (Å²) in [5.41, 5.74) is 1.43. The van der Waals surface area contributed by atoms with E-state index in [-0.39, 0.29) is 28.4 Å². The third kappa shape index (κ3) is 3.73. The van der Waals surface area contributed by atoms with Gasteiger partial charge in [-0.25, -0.2) is 9.37 Å². The van der Waals surface area contributed by atoms with Gasteiger partial charge in [0.05, 0.1) is 35.6 Å². The highest BCUT2D eigenvalue weighted by Crippen LogP contribution is 2.53. The van der Waals surface area contributed by atoms with Gasteiger partial charge in [-0.2, -0.15) is 0 Å². The molecule has 2 saturated carbocycles. The smallest absolute Gasteiger partial charge is 0.274 e. The van der Waals surface area contributed by atoms with Gasteiger partial charge in [0, 0.05) is 36.5 Å². The van der Waals surface area contributed by atoms with Crippen molar-refractivity contribution < 1.29 is 18.7 Å². The Kier molecular flexibility index (Phi) is 4.87. The molecule has 1 saturated heterocycles. The van der Waals surface area contributed by atoms with Gasteiger partial charge in [-0.3, -0.25) is 9.59 Å². The van der Waals surface area contributed by atoms with E-state index >= 15 is 0 Å². The van der Waals surface area contributed by atoms with Gasteiger partial charge in [-0.1, -0.05) is 0 Å². The summed E-state index contributed by atoms with van der Waals surface area (Å²) in [6.07, 6.45) is 7.31. The lowest BCUT2D eigenvalue weighted by Gasteiger charge is -2.24. The summed E-state index contributed by atoms with van der Waals surface area (Å²) in [6, 6.07) is 4.47. The first-order valence-corrected chi connectivity index (χ1v) is 12.2. The summed E-state index contributed by atoms with van der Waals surface area (Å²) in [6.45, 7) is 6.58. The summed E-state index contributed by atoms with van der Waals surface area (Å²) in [4.78, 5) is 31.0. The van der Waals surface area contributed by atoms with Gasteiger partial charge in [0.1, 0.15) is 23.3 Å². The van der Waals surface area contributed by atoms with Gasteiger partial charge < -0.3 is 23.8 Å². The zero-order valence-electron chi connectivity index (χ0n) is 20.1. The van der Waals surface area contributed by atoms with Gasteiger partial charge in [0.15, 0.2) is 0 Å². The lowest BCUT2D eigenvalue weighted by atomic mass is 9.84. The summed E-state index contributed by atoms with van der Waals surface area (Å²) in [7, 11) is 0. The van der Waals surface area contributed by atoms with E-state index in [1.807, 2.05) is 24.4 Å². The number of hydrogen-bond donors (Lipinski definition) is 1. The minimum absolute atomic E-state index is 0.0853. The predicted molar refractivity (Wildman–Crippen MR) is 128 cm³/mol. The van der Waals surface area contributed by atoms with Crippen LogP contribution < -0.4 is 15.6 Å². The fraction of sp³-hybridized carbons (Fsp3) is 0.500. The molecule has 0 spiro atoms. The Bertz CT molecular complexity index is 1390. The van der Waals surface area contributed by atoms with E-state index in [1.165, 1.54) is 10.6 Å². The molecule has 3 aromatic heterocycles. The number of halogens is 1. The second-order valence-corrected chi connectivity index (χ2v) is 10.7. The Morgan fingerprint density at radius 1 is 1.34 bits per heavy atom. The normalized spacial score (nSPS) is 29.2. The first-order chi connectivity index (χ1) is 16.7. The molecule has 9 heteroatoms. The van der Waals surface area contributed by atoms with Crippen molar-refractivity contribution in [2.24, 2.45) is 0 Å². The van der Waals surface area contributed by atoms with Crippen LogP contribution in [0.5, 0.6) is 5.75 Å². The van der Waals surface area contributed by atoms with E-state index in [0.29, 0.717) is 24.4 Å². The number of nitrogens with zero attached hydrogens (tertiary/aromatic N) is 3. The molecule has 6 rings (SSSR count). The quantitative estimate of drug-likeness (QED) is 0.576. The molecule has 4 heterocycles. The van der Waals surface area contributed by atoms with Crippen LogP contribution >= 0.6 is 0 Å². The van der Waals surface area contributed by atoms with E-state index in [9.17, 15) is 14.0 Å². The van der Waals surface area contributed by atoms with Crippen LogP contribution in [0, 0.1) is 0 Å². The number of fused-ring (bicyclic) bond motifs is 3. The van der Waals surface area contributed by atoms with Crippen LogP contribution in [0.1, 0.15) is 68.5 Å². The maximum absolute atomic E-state index is 13.5. The third-order valence-electron chi connectivity index (χ3n) is 7.51. The van der Waals surface area contributed by atoms with Crippen molar-refractivity contribution in [2.45, 2.75) is 75.8 Å². The molecular weight excluding hydrogens is 451 g/mol. The van der Waals surface area contributed by atoms with Crippen LogP contribution in [-0.2, 0) is 10.2 Å². The van der Waals surface area contributed by atoms with Gasteiger partial charge >= 0.3 is 0 Å². The van der Waals surface area contributed by atoms with Crippen LogP contribution in [-0.4, -0.2) is 44.3 Å². The van der Waals surface area contributed by atoms with Crippen LogP contribution in [0.3, 0.4) is 0 Å². The zero-order valence-corrected chi connectivity index (χ0v) is 20.1. The fourth-order valence-corrected chi connectivity index (χ4v) is 5.54. The van der Waals surface area contributed by atoms with Crippen molar-refractivity contribution >= 4 is 17.2 Å². The molecule has 1 amide bonds. The summed E-state index contributed by atoms with van der Waals surface area (Å²) < 4.78 is 28.7. The molecule has 3 aromatic rings. The number of amides is 1. The minimum Gasteiger partial charge on any atom is -0.490 e. The number of alkyl halides is 1. The van der Waals surface area contributed by atoms with E-state index in [1.54, 1.807) is 24.5 Å². The Labute approximate surface area is 202 Å². The molecule has 2 unspecified atom stereocenters. The largest absolute Gasteiger partial charge is 0.490 e. The molecule has 3 fully saturated rings. The van der Waals surface area contributed by atoms with Gasteiger partial charge in [-0.05, 0) is 52.2 Å². The van der Waals surface area contributed by atoms with Crippen LogP contribution in [0.4, 0.5) is 10.1 Å². The van der Waals surface area contributed by atoms with Gasteiger partial charge in [0.2, 0.25) is 0 Å². The van der Waals surface area contributed by atoms with Crippen molar-refractivity contribution in [3.05, 3.63) is 58.4 Å². The molecular formula is C26H29FN4O4. The second kappa shape index (κ2) is 7.65. The number of pyridine rings is 2. The molecule has 2 aliphatic carbocycles. The lowest BCUT2D eigenvalue weighted by molar-refractivity contribution is -0.00627. The average Bonchev–Trinajstić information content (AvgIpc) is 3.12. The van der Waals surface area contributed by atoms with Crippen molar-refractivity contribution in [3.63, 3.8) is 0 Å². The maximum Gasteiger partial charge on any atom is 0.274 e.